The van der Waals surface area contributed by atoms with Crippen LogP contribution in [-0.2, 0) is 6.42 Å². The lowest BCUT2D eigenvalue weighted by Gasteiger charge is -2.42. The zero-order chi connectivity index (χ0) is 14.5. The first-order valence-electron chi connectivity index (χ1n) is 8.39. The third-order valence-electron chi connectivity index (χ3n) is 5.11. The molecule has 21 heavy (non-hydrogen) atoms. The molecule has 0 amide bonds. The summed E-state index contributed by atoms with van der Waals surface area (Å²) >= 11 is 5.60. The van der Waals surface area contributed by atoms with Gasteiger partial charge >= 0.3 is 0 Å². The van der Waals surface area contributed by atoms with E-state index in [1.807, 2.05) is 0 Å². The van der Waals surface area contributed by atoms with Crippen molar-refractivity contribution in [2.45, 2.75) is 38.5 Å². The number of hydrogen-bond donors (Lipinski definition) is 1. The van der Waals surface area contributed by atoms with Crippen molar-refractivity contribution in [2.24, 2.45) is 11.8 Å². The molecule has 0 spiro atoms. The molecule has 1 saturated carbocycles. The summed E-state index contributed by atoms with van der Waals surface area (Å²) in [5.41, 5.74) is 1.37. The van der Waals surface area contributed by atoms with Gasteiger partial charge in [-0.15, -0.1) is 0 Å². The smallest absolute Gasteiger partial charge is 0.168 e. The molecule has 1 aliphatic heterocycles. The van der Waals surface area contributed by atoms with E-state index in [0.29, 0.717) is 0 Å². The molecule has 0 unspecified atom stereocenters. The van der Waals surface area contributed by atoms with Gasteiger partial charge in [0.15, 0.2) is 5.11 Å². The molecule has 0 aromatic heterocycles. The van der Waals surface area contributed by atoms with Gasteiger partial charge in [-0.2, -0.15) is 0 Å². The maximum Gasteiger partial charge on any atom is 0.168 e. The molecule has 2 fully saturated rings. The zero-order valence-corrected chi connectivity index (χ0v) is 13.6. The number of nitrogens with one attached hydrogen (secondary N) is 1. The van der Waals surface area contributed by atoms with E-state index in [2.05, 4.69) is 40.5 Å². The molecule has 1 aromatic carbocycles. The summed E-state index contributed by atoms with van der Waals surface area (Å²) in [5.74, 6) is 1.86. The first-order valence-corrected chi connectivity index (χ1v) is 8.80. The SMILES string of the molecule is S=C(NCCc1ccccc1)N1CC[C@@H]2CCCC[C@@H]2C1. The van der Waals surface area contributed by atoms with Crippen LogP contribution in [0.25, 0.3) is 0 Å². The summed E-state index contributed by atoms with van der Waals surface area (Å²) in [6.07, 6.45) is 8.11. The summed E-state index contributed by atoms with van der Waals surface area (Å²) in [5, 5.41) is 4.42. The molecule has 0 bridgehead atoms. The topological polar surface area (TPSA) is 15.3 Å². The van der Waals surface area contributed by atoms with Gasteiger partial charge in [-0.05, 0) is 48.9 Å². The maximum absolute atomic E-state index is 5.60. The van der Waals surface area contributed by atoms with E-state index in [0.717, 1.165) is 36.5 Å². The van der Waals surface area contributed by atoms with E-state index < -0.39 is 0 Å². The molecule has 1 saturated heterocycles. The fraction of sp³-hybridized carbons (Fsp3) is 0.611. The van der Waals surface area contributed by atoms with E-state index in [4.69, 9.17) is 12.2 Å². The van der Waals surface area contributed by atoms with Crippen molar-refractivity contribution < 1.29 is 0 Å². The van der Waals surface area contributed by atoms with E-state index >= 15 is 0 Å². The Morgan fingerprint density at radius 3 is 2.67 bits per heavy atom. The highest BCUT2D eigenvalue weighted by Gasteiger charge is 2.31. The number of benzene rings is 1. The van der Waals surface area contributed by atoms with Crippen molar-refractivity contribution in [1.82, 2.24) is 10.2 Å². The molecule has 3 heteroatoms. The van der Waals surface area contributed by atoms with Crippen LogP contribution < -0.4 is 5.32 Å². The number of rotatable bonds is 3. The highest BCUT2D eigenvalue weighted by molar-refractivity contribution is 7.80. The van der Waals surface area contributed by atoms with Crippen LogP contribution in [-0.4, -0.2) is 29.6 Å². The molecule has 3 rings (SSSR count). The van der Waals surface area contributed by atoms with Gasteiger partial charge in [-0.25, -0.2) is 0 Å². The van der Waals surface area contributed by atoms with E-state index in [1.54, 1.807) is 0 Å². The molecule has 1 heterocycles. The summed E-state index contributed by atoms with van der Waals surface area (Å²) in [4.78, 5) is 2.41. The zero-order valence-electron chi connectivity index (χ0n) is 12.8. The van der Waals surface area contributed by atoms with Crippen LogP contribution in [0.4, 0.5) is 0 Å². The third kappa shape index (κ3) is 3.97. The Bertz CT molecular complexity index is 460. The molecule has 2 aliphatic rings. The number of nitrogens with zero attached hydrogens (tertiary/aromatic N) is 1. The standard InChI is InChI=1S/C18H26N2S/c21-18(19-12-10-15-6-2-1-3-7-15)20-13-11-16-8-4-5-9-17(16)14-20/h1-3,6-7,16-17H,4-5,8-14H2,(H,19,21)/t16-,17+/m0/s1. The molecule has 0 radical (unpaired) electrons. The monoisotopic (exact) mass is 302 g/mol. The normalized spacial score (nSPS) is 25.2. The van der Waals surface area contributed by atoms with Crippen molar-refractivity contribution in [3.63, 3.8) is 0 Å². The van der Waals surface area contributed by atoms with Crippen molar-refractivity contribution >= 4 is 17.3 Å². The summed E-state index contributed by atoms with van der Waals surface area (Å²) < 4.78 is 0. The van der Waals surface area contributed by atoms with Gasteiger partial charge in [0.1, 0.15) is 0 Å². The van der Waals surface area contributed by atoms with Crippen LogP contribution in [0.2, 0.25) is 0 Å². The van der Waals surface area contributed by atoms with Crippen LogP contribution in [0.15, 0.2) is 30.3 Å². The van der Waals surface area contributed by atoms with Gasteiger partial charge in [0.25, 0.3) is 0 Å². The highest BCUT2D eigenvalue weighted by atomic mass is 32.1. The number of piperidine rings is 1. The van der Waals surface area contributed by atoms with E-state index in [1.165, 1.54) is 44.2 Å². The molecule has 1 N–H and O–H groups in total. The Hall–Kier alpha value is -1.09. The molecule has 2 atom stereocenters. The number of likely N-dealkylation sites (tertiary alicyclic amines) is 1. The van der Waals surface area contributed by atoms with Gasteiger partial charge in [0.05, 0.1) is 0 Å². The molecular weight excluding hydrogens is 276 g/mol. The molecule has 114 valence electrons. The molecule has 1 aliphatic carbocycles. The predicted octanol–water partition coefficient (Wildman–Crippen LogP) is 3.62. The van der Waals surface area contributed by atoms with Crippen LogP contribution in [0.1, 0.15) is 37.7 Å². The highest BCUT2D eigenvalue weighted by Crippen LogP contribution is 2.35. The summed E-state index contributed by atoms with van der Waals surface area (Å²) in [7, 11) is 0. The lowest BCUT2D eigenvalue weighted by atomic mass is 9.75. The van der Waals surface area contributed by atoms with Crippen LogP contribution >= 0.6 is 12.2 Å². The second-order valence-electron chi connectivity index (χ2n) is 6.51. The first-order chi connectivity index (χ1) is 10.3. The van der Waals surface area contributed by atoms with Gasteiger partial charge in [-0.3, -0.25) is 0 Å². The van der Waals surface area contributed by atoms with Crippen molar-refractivity contribution in [3.05, 3.63) is 35.9 Å². The maximum atomic E-state index is 5.60. The van der Waals surface area contributed by atoms with Gasteiger partial charge in [-0.1, -0.05) is 49.6 Å². The Morgan fingerprint density at radius 2 is 1.86 bits per heavy atom. The summed E-state index contributed by atoms with van der Waals surface area (Å²) in [6.45, 7) is 3.27. The molecular formula is C18H26N2S. The number of fused-ring (bicyclic) bond motifs is 1. The average molecular weight is 302 g/mol. The Morgan fingerprint density at radius 1 is 1.10 bits per heavy atom. The Kier molecular flexibility index (Phi) is 5.13. The van der Waals surface area contributed by atoms with E-state index in [9.17, 15) is 0 Å². The lowest BCUT2D eigenvalue weighted by Crippen LogP contribution is -2.48. The quantitative estimate of drug-likeness (QED) is 0.859. The van der Waals surface area contributed by atoms with Crippen LogP contribution in [0.3, 0.4) is 0 Å². The van der Waals surface area contributed by atoms with Gasteiger partial charge in [0, 0.05) is 19.6 Å². The second-order valence-corrected chi connectivity index (χ2v) is 6.89. The lowest BCUT2D eigenvalue weighted by molar-refractivity contribution is 0.129. The minimum absolute atomic E-state index is 0.890. The fourth-order valence-electron chi connectivity index (χ4n) is 3.86. The van der Waals surface area contributed by atoms with E-state index in [-0.39, 0.29) is 0 Å². The second kappa shape index (κ2) is 7.26. The Balaban J connectivity index is 1.43. The number of thiocarbonyl (C=S) groups is 1. The van der Waals surface area contributed by atoms with Crippen LogP contribution in [0, 0.1) is 11.8 Å². The average Bonchev–Trinajstić information content (AvgIpc) is 2.55. The van der Waals surface area contributed by atoms with Crippen molar-refractivity contribution in [3.8, 4) is 0 Å². The van der Waals surface area contributed by atoms with Crippen LogP contribution in [0.5, 0.6) is 0 Å². The van der Waals surface area contributed by atoms with Gasteiger partial charge in [0.2, 0.25) is 0 Å². The van der Waals surface area contributed by atoms with Crippen molar-refractivity contribution in [1.29, 1.82) is 0 Å². The Labute approximate surface area is 133 Å². The minimum atomic E-state index is 0.890. The predicted molar refractivity (Wildman–Crippen MR) is 92.4 cm³/mol. The summed E-state index contributed by atoms with van der Waals surface area (Å²) in [6, 6.07) is 10.6. The first kappa shape index (κ1) is 14.8. The van der Waals surface area contributed by atoms with Gasteiger partial charge < -0.3 is 10.2 Å². The minimum Gasteiger partial charge on any atom is -0.362 e. The van der Waals surface area contributed by atoms with Crippen molar-refractivity contribution in [2.75, 3.05) is 19.6 Å². The number of hydrogen-bond acceptors (Lipinski definition) is 1. The third-order valence-corrected chi connectivity index (χ3v) is 5.51. The fourth-order valence-corrected chi connectivity index (χ4v) is 4.12. The largest absolute Gasteiger partial charge is 0.362 e. The molecule has 2 nitrogen and oxygen atoms in total. The molecule has 1 aromatic rings.